The lowest BCUT2D eigenvalue weighted by atomic mass is 9.90. The highest BCUT2D eigenvalue weighted by Crippen LogP contribution is 2.53. The van der Waals surface area contributed by atoms with Crippen LogP contribution in [0.4, 0.5) is 9.59 Å². The number of hydrogen-bond acceptors (Lipinski definition) is 9. The molecule has 4 fully saturated rings. The average molecular weight is 819 g/mol. The zero-order valence-electron chi connectivity index (χ0n) is 35.0. The molecule has 15 heteroatoms. The van der Waals surface area contributed by atoms with Crippen molar-refractivity contribution in [3.05, 3.63) is 71.7 Å². The van der Waals surface area contributed by atoms with E-state index in [0.717, 1.165) is 46.9 Å². The number of carbonyl (C=O) groups excluding carboxylic acids is 4. The lowest BCUT2D eigenvalue weighted by Gasteiger charge is -2.36. The Bertz CT molecular complexity index is 2320. The molecule has 0 bridgehead atoms. The Morgan fingerprint density at radius 2 is 1.50 bits per heavy atom. The van der Waals surface area contributed by atoms with Gasteiger partial charge in [0.05, 0.1) is 44.4 Å². The van der Waals surface area contributed by atoms with Crippen LogP contribution in [0.3, 0.4) is 0 Å². The smallest absolute Gasteiger partial charge is 0.407 e. The number of carbonyl (C=O) groups is 4. The van der Waals surface area contributed by atoms with Crippen molar-refractivity contribution in [1.82, 2.24) is 40.4 Å². The van der Waals surface area contributed by atoms with E-state index in [2.05, 4.69) is 69.5 Å². The van der Waals surface area contributed by atoms with E-state index < -0.39 is 24.3 Å². The van der Waals surface area contributed by atoms with Crippen LogP contribution < -0.4 is 10.6 Å². The van der Waals surface area contributed by atoms with E-state index in [1.807, 2.05) is 48.0 Å². The van der Waals surface area contributed by atoms with Gasteiger partial charge in [0.25, 0.3) is 0 Å². The van der Waals surface area contributed by atoms with Gasteiger partial charge in [0.2, 0.25) is 11.8 Å². The first-order valence-corrected chi connectivity index (χ1v) is 21.0. The molecular formula is C45H54N8O7. The lowest BCUT2D eigenvalue weighted by Crippen LogP contribution is -2.54. The van der Waals surface area contributed by atoms with Gasteiger partial charge in [-0.25, -0.2) is 19.6 Å². The van der Waals surface area contributed by atoms with Gasteiger partial charge in [0.1, 0.15) is 29.4 Å². The van der Waals surface area contributed by atoms with Gasteiger partial charge in [-0.3, -0.25) is 9.59 Å². The maximum Gasteiger partial charge on any atom is 0.407 e. The van der Waals surface area contributed by atoms with Crippen LogP contribution in [-0.4, -0.2) is 105 Å². The predicted molar refractivity (Wildman–Crippen MR) is 222 cm³/mol. The zero-order valence-corrected chi connectivity index (χ0v) is 35.0. The summed E-state index contributed by atoms with van der Waals surface area (Å²) in [6.07, 6.45) is 6.16. The SMILES string of the molecule is COC(=O)N[C@H](C(=O)N1[C@@H]2C[C@@H]2C[C@H]1c1ncc(C#Cc2ccc3cc(-c4cnc([C@@H]5C[C@@H](C)[C@@H](C)N5C(=O)[C@@H](NC(=O)OC)C5CCOCC5)[nH]4)ccc3c2)[nH]1)C(C)C. The summed E-state index contributed by atoms with van der Waals surface area (Å²) in [5.74, 6) is 8.14. The largest absolute Gasteiger partial charge is 0.453 e. The summed E-state index contributed by atoms with van der Waals surface area (Å²) in [6.45, 7) is 9.12. The van der Waals surface area contributed by atoms with Crippen molar-refractivity contribution in [3.63, 3.8) is 0 Å². The number of hydrogen-bond donors (Lipinski definition) is 4. The normalized spacial score (nSPS) is 24.6. The van der Waals surface area contributed by atoms with E-state index in [1.165, 1.54) is 14.2 Å². The van der Waals surface area contributed by atoms with Crippen LogP contribution >= 0.6 is 0 Å². The molecule has 4 N–H and O–H groups in total. The predicted octanol–water partition coefficient (Wildman–Crippen LogP) is 5.84. The number of nitrogens with zero attached hydrogens (tertiary/aromatic N) is 4. The molecular weight excluding hydrogens is 765 g/mol. The average Bonchev–Trinajstić information content (AvgIpc) is 3.67. The van der Waals surface area contributed by atoms with Crippen LogP contribution in [0.5, 0.6) is 0 Å². The highest BCUT2D eigenvalue weighted by atomic mass is 16.5. The number of imidazole rings is 2. The van der Waals surface area contributed by atoms with Gasteiger partial charge < -0.3 is 44.6 Å². The molecule has 316 valence electrons. The first-order valence-electron chi connectivity index (χ1n) is 21.0. The van der Waals surface area contributed by atoms with Crippen molar-refractivity contribution in [2.24, 2.45) is 23.7 Å². The van der Waals surface area contributed by atoms with Crippen molar-refractivity contribution in [2.75, 3.05) is 27.4 Å². The first-order chi connectivity index (χ1) is 28.9. The third kappa shape index (κ3) is 8.17. The van der Waals surface area contributed by atoms with Crippen molar-refractivity contribution in [2.45, 2.75) is 96.1 Å². The Balaban J connectivity index is 0.960. The molecule has 4 aliphatic rings. The fraction of sp³-hybridized carbons (Fsp3) is 0.511. The summed E-state index contributed by atoms with van der Waals surface area (Å²) in [4.78, 5) is 72.6. The Morgan fingerprint density at radius 1 is 0.817 bits per heavy atom. The fourth-order valence-corrected chi connectivity index (χ4v) is 9.33. The number of likely N-dealkylation sites (tertiary alicyclic amines) is 2. The van der Waals surface area contributed by atoms with E-state index in [9.17, 15) is 19.2 Å². The van der Waals surface area contributed by atoms with Crippen molar-refractivity contribution in [1.29, 1.82) is 0 Å². The first kappa shape index (κ1) is 40.9. The quantitative estimate of drug-likeness (QED) is 0.151. The maximum atomic E-state index is 14.3. The molecule has 2 aromatic carbocycles. The summed E-state index contributed by atoms with van der Waals surface area (Å²) < 4.78 is 15.3. The number of H-pyrrole nitrogens is 2. The molecule has 3 saturated heterocycles. The van der Waals surface area contributed by atoms with Gasteiger partial charge in [-0.15, -0.1) is 0 Å². The monoisotopic (exact) mass is 818 g/mol. The molecule has 4 aromatic rings. The van der Waals surface area contributed by atoms with Crippen LogP contribution in [0.25, 0.3) is 22.0 Å². The number of methoxy groups -OCH3 is 2. The number of fused-ring (bicyclic) bond motifs is 2. The minimum atomic E-state index is -0.717. The summed E-state index contributed by atoms with van der Waals surface area (Å²) in [5, 5.41) is 7.63. The van der Waals surface area contributed by atoms with Crippen LogP contribution in [0.15, 0.2) is 48.8 Å². The number of amides is 4. The molecule has 5 heterocycles. The van der Waals surface area contributed by atoms with Gasteiger partial charge in [0.15, 0.2) is 0 Å². The highest BCUT2D eigenvalue weighted by Gasteiger charge is 2.56. The molecule has 1 aliphatic carbocycles. The number of ether oxygens (including phenoxy) is 3. The van der Waals surface area contributed by atoms with Gasteiger partial charge >= 0.3 is 12.2 Å². The topological polar surface area (TPSA) is 184 Å². The van der Waals surface area contributed by atoms with Crippen LogP contribution in [0.2, 0.25) is 0 Å². The Kier molecular flexibility index (Phi) is 11.6. The molecule has 0 radical (unpaired) electrons. The highest BCUT2D eigenvalue weighted by molar-refractivity contribution is 5.89. The number of alkyl carbamates (subject to hydrolysis) is 2. The second-order valence-corrected chi connectivity index (χ2v) is 17.1. The molecule has 4 amide bonds. The van der Waals surface area contributed by atoms with E-state index in [4.69, 9.17) is 19.2 Å². The van der Waals surface area contributed by atoms with Crippen LogP contribution in [-0.2, 0) is 23.8 Å². The van der Waals surface area contributed by atoms with Gasteiger partial charge in [0, 0.05) is 36.4 Å². The molecule has 8 rings (SSSR count). The van der Waals surface area contributed by atoms with E-state index >= 15 is 0 Å². The van der Waals surface area contributed by atoms with E-state index in [0.29, 0.717) is 49.3 Å². The molecule has 1 saturated carbocycles. The minimum Gasteiger partial charge on any atom is -0.453 e. The van der Waals surface area contributed by atoms with Gasteiger partial charge in [-0.05, 0) is 97.6 Å². The van der Waals surface area contributed by atoms with Crippen molar-refractivity contribution in [3.8, 4) is 23.1 Å². The molecule has 2 aromatic heterocycles. The molecule has 3 aliphatic heterocycles. The van der Waals surface area contributed by atoms with Gasteiger partial charge in [-0.1, -0.05) is 44.9 Å². The number of aromatic amines is 2. The Hall–Kier alpha value is -5.88. The van der Waals surface area contributed by atoms with E-state index in [-0.39, 0.29) is 53.7 Å². The Labute approximate surface area is 349 Å². The second kappa shape index (κ2) is 17.0. The third-order valence-electron chi connectivity index (χ3n) is 13.0. The van der Waals surface area contributed by atoms with Crippen LogP contribution in [0.1, 0.15) is 94.8 Å². The number of aromatic nitrogens is 4. The number of rotatable bonds is 9. The molecule has 60 heavy (non-hydrogen) atoms. The standard InChI is InChI=1S/C45H54N8O7/c1-24(2)38(50-44(56)58-5)42(54)53-35-20-32(35)21-37(53)40-46-22-33(48-40)12-8-27-7-9-30-19-31(11-10-29(30)18-27)34-23-47-41(49-34)36-17-25(3)26(4)52(36)43(55)39(51-45(57)59-6)28-13-15-60-16-14-28/h7,9-11,18-19,22-26,28,32,35-39H,13-17,20-21H2,1-6H3,(H,46,48)(H,47,49)(H,50,56)(H,51,57)/t25-,26-,32-,35-,36+,37+,38+,39+/m1/s1. The number of benzene rings is 2. The summed E-state index contributed by atoms with van der Waals surface area (Å²) in [5.41, 5.74) is 3.31. The molecule has 15 nitrogen and oxygen atoms in total. The van der Waals surface area contributed by atoms with Crippen molar-refractivity contribution < 1.29 is 33.4 Å². The molecule has 0 unspecified atom stereocenters. The van der Waals surface area contributed by atoms with Gasteiger partial charge in [-0.2, -0.15) is 0 Å². The zero-order chi connectivity index (χ0) is 42.2. The summed E-state index contributed by atoms with van der Waals surface area (Å²) in [6, 6.07) is 10.5. The van der Waals surface area contributed by atoms with E-state index in [1.54, 1.807) is 6.20 Å². The third-order valence-corrected chi connectivity index (χ3v) is 13.0. The number of piperidine rings is 1. The minimum absolute atomic E-state index is 0.0502. The summed E-state index contributed by atoms with van der Waals surface area (Å²) >= 11 is 0. The number of nitrogens with one attached hydrogen (secondary N) is 4. The molecule has 0 spiro atoms. The van der Waals surface area contributed by atoms with Crippen LogP contribution in [0, 0.1) is 35.5 Å². The summed E-state index contributed by atoms with van der Waals surface area (Å²) in [7, 11) is 2.60. The maximum absolute atomic E-state index is 14.3. The van der Waals surface area contributed by atoms with Crippen molar-refractivity contribution >= 4 is 34.8 Å². The second-order valence-electron chi connectivity index (χ2n) is 17.1. The lowest BCUT2D eigenvalue weighted by molar-refractivity contribution is -0.139. The molecule has 8 atom stereocenters. The fourth-order valence-electron chi connectivity index (χ4n) is 9.33. The Morgan fingerprint density at radius 3 is 2.25 bits per heavy atom.